The summed E-state index contributed by atoms with van der Waals surface area (Å²) in [4.78, 5) is 24.5. The first-order valence-corrected chi connectivity index (χ1v) is 12.3. The molecule has 3 aromatic rings. The fraction of sp³-hybridized carbons (Fsp3) is 0.423. The first-order valence-electron chi connectivity index (χ1n) is 12.0. The normalized spacial score (nSPS) is 19.4. The molecule has 2 aliphatic heterocycles. The van der Waals surface area contributed by atoms with Gasteiger partial charge in [-0.25, -0.2) is 0 Å². The summed E-state index contributed by atoms with van der Waals surface area (Å²) >= 11 is 6.21. The molecule has 0 bridgehead atoms. The Balaban J connectivity index is 1.16. The second-order valence-corrected chi connectivity index (χ2v) is 9.63. The van der Waals surface area contributed by atoms with Gasteiger partial charge in [-0.2, -0.15) is 4.98 Å². The van der Waals surface area contributed by atoms with E-state index in [-0.39, 0.29) is 11.8 Å². The van der Waals surface area contributed by atoms with Gasteiger partial charge in [0.2, 0.25) is 17.6 Å². The highest BCUT2D eigenvalue weighted by atomic mass is 35.5. The number of anilines is 1. The van der Waals surface area contributed by atoms with Crippen molar-refractivity contribution in [3.05, 3.63) is 65.0 Å². The lowest BCUT2D eigenvalue weighted by atomic mass is 9.96. The largest absolute Gasteiger partial charge is 0.368 e. The third-order valence-electron chi connectivity index (χ3n) is 6.82. The van der Waals surface area contributed by atoms with Gasteiger partial charge in [-0.1, -0.05) is 53.2 Å². The van der Waals surface area contributed by atoms with Crippen LogP contribution >= 0.6 is 11.6 Å². The van der Waals surface area contributed by atoms with E-state index in [1.165, 1.54) is 5.56 Å². The molecule has 8 heteroatoms. The lowest BCUT2D eigenvalue weighted by Gasteiger charge is -2.40. The number of hydrogen-bond acceptors (Lipinski definition) is 6. The smallest absolute Gasteiger partial charge is 0.241 e. The number of aromatic nitrogens is 2. The van der Waals surface area contributed by atoms with Crippen molar-refractivity contribution >= 4 is 23.2 Å². The van der Waals surface area contributed by atoms with Gasteiger partial charge in [-0.15, -0.1) is 0 Å². The molecule has 0 N–H and O–H groups in total. The summed E-state index contributed by atoms with van der Waals surface area (Å²) in [5, 5.41) is 4.87. The Labute approximate surface area is 205 Å². The van der Waals surface area contributed by atoms with E-state index in [0.717, 1.165) is 68.4 Å². The van der Waals surface area contributed by atoms with E-state index >= 15 is 0 Å². The molecule has 5 rings (SSSR count). The Kier molecular flexibility index (Phi) is 6.83. The zero-order valence-corrected chi connectivity index (χ0v) is 20.2. The van der Waals surface area contributed by atoms with Gasteiger partial charge in [0.1, 0.15) is 0 Å². The zero-order valence-electron chi connectivity index (χ0n) is 19.5. The Morgan fingerprint density at radius 2 is 1.88 bits per heavy atom. The molecule has 2 fully saturated rings. The van der Waals surface area contributed by atoms with Crippen LogP contribution in [0.15, 0.2) is 53.1 Å². The summed E-state index contributed by atoms with van der Waals surface area (Å²) in [7, 11) is 0. The van der Waals surface area contributed by atoms with E-state index in [9.17, 15) is 4.79 Å². The van der Waals surface area contributed by atoms with Gasteiger partial charge in [0.15, 0.2) is 0 Å². The number of benzene rings is 2. The van der Waals surface area contributed by atoms with Gasteiger partial charge < -0.3 is 14.3 Å². The lowest BCUT2D eigenvalue weighted by Crippen LogP contribution is -2.52. The van der Waals surface area contributed by atoms with Gasteiger partial charge in [0, 0.05) is 49.0 Å². The molecule has 0 spiro atoms. The fourth-order valence-electron chi connectivity index (χ4n) is 4.96. The van der Waals surface area contributed by atoms with Crippen LogP contribution in [0.4, 0.5) is 5.69 Å². The monoisotopic (exact) mass is 479 g/mol. The summed E-state index contributed by atoms with van der Waals surface area (Å²) in [5.41, 5.74) is 3.32. The van der Waals surface area contributed by atoms with Gasteiger partial charge in [0.25, 0.3) is 0 Å². The Hall–Kier alpha value is -2.90. The molecule has 2 aromatic carbocycles. The van der Waals surface area contributed by atoms with E-state index in [1.54, 1.807) is 0 Å². The van der Waals surface area contributed by atoms with Crippen LogP contribution in [-0.2, 0) is 11.3 Å². The minimum absolute atomic E-state index is 0.0183. The molecule has 3 heterocycles. The Morgan fingerprint density at radius 1 is 1.09 bits per heavy atom. The van der Waals surface area contributed by atoms with E-state index in [2.05, 4.69) is 32.9 Å². The average Bonchev–Trinajstić information content (AvgIpc) is 3.34. The molecule has 1 unspecified atom stereocenters. The predicted octanol–water partition coefficient (Wildman–Crippen LogP) is 4.26. The van der Waals surface area contributed by atoms with Crippen molar-refractivity contribution in [1.29, 1.82) is 0 Å². The first-order chi connectivity index (χ1) is 16.6. The summed E-state index contributed by atoms with van der Waals surface area (Å²) in [6.07, 6.45) is 1.93. The van der Waals surface area contributed by atoms with E-state index < -0.39 is 0 Å². The second kappa shape index (κ2) is 10.2. The van der Waals surface area contributed by atoms with Gasteiger partial charge in [-0.3, -0.25) is 9.69 Å². The molecule has 34 heavy (non-hydrogen) atoms. The number of likely N-dealkylation sites (tertiary alicyclic amines) is 1. The molecule has 2 aliphatic rings. The molecule has 1 atom stereocenters. The SMILES string of the molecule is Cc1ccc(Cl)cc1N1CCN(C(=O)C2CCCN(Cc3nc(-c4ccccc4)no3)C2)CC1. The van der Waals surface area contributed by atoms with Crippen LogP contribution < -0.4 is 4.90 Å². The van der Waals surface area contributed by atoms with Gasteiger partial charge in [-0.05, 0) is 44.0 Å². The highest BCUT2D eigenvalue weighted by Crippen LogP contribution is 2.27. The number of amides is 1. The van der Waals surface area contributed by atoms with Crippen molar-refractivity contribution in [3.63, 3.8) is 0 Å². The third-order valence-corrected chi connectivity index (χ3v) is 7.05. The van der Waals surface area contributed by atoms with Crippen molar-refractivity contribution in [2.45, 2.75) is 26.3 Å². The maximum Gasteiger partial charge on any atom is 0.241 e. The maximum absolute atomic E-state index is 13.3. The van der Waals surface area contributed by atoms with Crippen LogP contribution in [-0.4, -0.2) is 65.1 Å². The number of halogens is 1. The second-order valence-electron chi connectivity index (χ2n) is 9.20. The first kappa shape index (κ1) is 22.9. The quantitative estimate of drug-likeness (QED) is 0.544. The maximum atomic E-state index is 13.3. The van der Waals surface area contributed by atoms with Crippen LogP contribution in [0.2, 0.25) is 5.02 Å². The number of nitrogens with zero attached hydrogens (tertiary/aromatic N) is 5. The van der Waals surface area contributed by atoms with Crippen molar-refractivity contribution in [2.75, 3.05) is 44.2 Å². The number of piperazine rings is 1. The molecular weight excluding hydrogens is 450 g/mol. The Bertz CT molecular complexity index is 1130. The van der Waals surface area contributed by atoms with Crippen molar-refractivity contribution in [3.8, 4) is 11.4 Å². The molecule has 7 nitrogen and oxygen atoms in total. The highest BCUT2D eigenvalue weighted by Gasteiger charge is 2.32. The standard InChI is InChI=1S/C26H30ClN5O2/c1-19-9-10-22(27)16-23(19)31-12-14-32(15-13-31)26(33)21-8-5-11-30(17-21)18-24-28-25(29-34-24)20-6-3-2-4-7-20/h2-4,6-7,9-10,16,21H,5,8,11-15,17-18H2,1H3. The van der Waals surface area contributed by atoms with Crippen LogP contribution in [0.1, 0.15) is 24.3 Å². The molecule has 1 aromatic heterocycles. The molecule has 0 saturated carbocycles. The minimum Gasteiger partial charge on any atom is -0.368 e. The summed E-state index contributed by atoms with van der Waals surface area (Å²) < 4.78 is 5.49. The number of carbonyl (C=O) groups excluding carboxylic acids is 1. The number of carbonyl (C=O) groups is 1. The molecule has 0 radical (unpaired) electrons. The number of piperidine rings is 1. The number of hydrogen-bond donors (Lipinski definition) is 0. The molecule has 1 amide bonds. The topological polar surface area (TPSA) is 65.7 Å². The molecule has 178 valence electrons. The van der Waals surface area contributed by atoms with Crippen molar-refractivity contribution < 1.29 is 9.32 Å². The van der Waals surface area contributed by atoms with Gasteiger partial charge in [0.05, 0.1) is 12.5 Å². The summed E-state index contributed by atoms with van der Waals surface area (Å²) in [6, 6.07) is 15.8. The number of aryl methyl sites for hydroxylation is 1. The molecule has 0 aliphatic carbocycles. The van der Waals surface area contributed by atoms with Gasteiger partial charge >= 0.3 is 0 Å². The average molecular weight is 480 g/mol. The zero-order chi connectivity index (χ0) is 23.5. The van der Waals surface area contributed by atoms with E-state index in [1.807, 2.05) is 47.4 Å². The predicted molar refractivity (Wildman–Crippen MR) is 133 cm³/mol. The van der Waals surface area contributed by atoms with Crippen LogP contribution in [0.3, 0.4) is 0 Å². The fourth-order valence-corrected chi connectivity index (χ4v) is 5.13. The molecule has 2 saturated heterocycles. The van der Waals surface area contributed by atoms with Crippen LogP contribution in [0, 0.1) is 12.8 Å². The van der Waals surface area contributed by atoms with E-state index in [4.69, 9.17) is 16.1 Å². The minimum atomic E-state index is 0.0183. The highest BCUT2D eigenvalue weighted by molar-refractivity contribution is 6.30. The molecular formula is C26H30ClN5O2. The van der Waals surface area contributed by atoms with E-state index in [0.29, 0.717) is 18.3 Å². The number of rotatable bonds is 5. The van der Waals surface area contributed by atoms with Crippen molar-refractivity contribution in [2.24, 2.45) is 5.92 Å². The lowest BCUT2D eigenvalue weighted by molar-refractivity contribution is -0.137. The third kappa shape index (κ3) is 5.10. The van der Waals surface area contributed by atoms with Crippen LogP contribution in [0.5, 0.6) is 0 Å². The van der Waals surface area contributed by atoms with Crippen LogP contribution in [0.25, 0.3) is 11.4 Å². The summed E-state index contributed by atoms with van der Waals surface area (Å²) in [6.45, 7) is 7.49. The Morgan fingerprint density at radius 3 is 2.68 bits per heavy atom. The van der Waals surface area contributed by atoms with Crippen molar-refractivity contribution in [1.82, 2.24) is 19.9 Å². The summed E-state index contributed by atoms with van der Waals surface area (Å²) in [5.74, 6) is 1.48.